The second kappa shape index (κ2) is 12.4. The zero-order chi connectivity index (χ0) is 19.6. The average molecular weight is 370 g/mol. The summed E-state index contributed by atoms with van der Waals surface area (Å²) in [5.41, 5.74) is 0. The number of aliphatic hydroxyl groups is 5. The van der Waals surface area contributed by atoms with E-state index in [-0.39, 0.29) is 25.5 Å². The van der Waals surface area contributed by atoms with Gasteiger partial charge in [-0.3, -0.25) is 0 Å². The van der Waals surface area contributed by atoms with Gasteiger partial charge in [0.15, 0.2) is 6.29 Å². The monoisotopic (exact) mass is 370 g/mol. The largest absolute Gasteiger partial charge is 0.388 e. The maximum atomic E-state index is 9.40. The lowest BCUT2D eigenvalue weighted by Crippen LogP contribution is -2.53. The van der Waals surface area contributed by atoms with Crippen LogP contribution in [0.4, 0.5) is 0 Å². The van der Waals surface area contributed by atoms with Crippen molar-refractivity contribution in [1.29, 1.82) is 0 Å². The van der Waals surface area contributed by atoms with Gasteiger partial charge in [-0.2, -0.15) is 9.59 Å². The molecular formula is C14H26O11. The van der Waals surface area contributed by atoms with Crippen LogP contribution < -0.4 is 0 Å². The summed E-state index contributed by atoms with van der Waals surface area (Å²) in [6, 6.07) is 0. The number of ether oxygens (including phenoxy) is 4. The van der Waals surface area contributed by atoms with Gasteiger partial charge in [0.25, 0.3) is 0 Å². The summed E-state index contributed by atoms with van der Waals surface area (Å²) in [6.07, 6.45) is -6.21. The highest BCUT2D eigenvalue weighted by Crippen LogP contribution is 2.17. The molecule has 0 aromatic carbocycles. The van der Waals surface area contributed by atoms with Gasteiger partial charge in [-0.1, -0.05) is 0 Å². The van der Waals surface area contributed by atoms with Crippen molar-refractivity contribution in [1.82, 2.24) is 0 Å². The molecule has 148 valence electrons. The number of aliphatic hydroxyl groups excluding tert-OH is 5. The lowest BCUT2D eigenvalue weighted by atomic mass is 10.0. The molecule has 0 bridgehead atoms. The fourth-order valence-corrected chi connectivity index (χ4v) is 2.22. The summed E-state index contributed by atoms with van der Waals surface area (Å²) in [6.45, 7) is 1.97. The Morgan fingerprint density at radius 3 is 1.80 bits per heavy atom. The average Bonchev–Trinajstić information content (AvgIpc) is 2.58. The normalized spacial score (nSPS) is 40.6. The molecule has 11 heteroatoms. The van der Waals surface area contributed by atoms with E-state index in [0.717, 1.165) is 0 Å². The highest BCUT2D eigenvalue weighted by atomic mass is 16.7. The standard InChI is InChI=1S/C7H14O4.C6H12O5.CO2/c1-4-6(9)7(10-2)5(8)3-11-4;1-10-6-5(9)4(8)3(7)2-11-6;2-1-3/h4-9H,3H2,1-2H3;3-9H,2H2,1H3;/t4-,5+,6?,7-;3-,4+,5?,6+;/m01./s1. The van der Waals surface area contributed by atoms with E-state index < -0.39 is 42.9 Å². The Balaban J connectivity index is 0.000000399. The van der Waals surface area contributed by atoms with Crippen molar-refractivity contribution in [2.75, 3.05) is 27.4 Å². The van der Waals surface area contributed by atoms with Gasteiger partial charge in [-0.25, -0.2) is 0 Å². The minimum Gasteiger partial charge on any atom is -0.388 e. The first kappa shape index (κ1) is 24.0. The van der Waals surface area contributed by atoms with E-state index in [9.17, 15) is 10.2 Å². The van der Waals surface area contributed by atoms with E-state index in [1.54, 1.807) is 6.92 Å². The lowest BCUT2D eigenvalue weighted by Gasteiger charge is -2.35. The van der Waals surface area contributed by atoms with Crippen LogP contribution in [0, 0.1) is 0 Å². The Hall–Kier alpha value is -0.980. The number of hydrogen-bond donors (Lipinski definition) is 5. The molecule has 2 aliphatic heterocycles. The van der Waals surface area contributed by atoms with Gasteiger partial charge in [0, 0.05) is 14.2 Å². The van der Waals surface area contributed by atoms with Crippen LogP contribution in [-0.2, 0) is 28.5 Å². The Morgan fingerprint density at radius 1 is 0.840 bits per heavy atom. The molecule has 0 spiro atoms. The first-order valence-electron chi connectivity index (χ1n) is 7.43. The van der Waals surface area contributed by atoms with Crippen molar-refractivity contribution in [2.24, 2.45) is 0 Å². The Kier molecular flexibility index (Phi) is 11.9. The lowest BCUT2D eigenvalue weighted by molar-refractivity contribution is -0.261. The van der Waals surface area contributed by atoms with Crippen molar-refractivity contribution in [3.05, 3.63) is 0 Å². The molecule has 2 saturated heterocycles. The van der Waals surface area contributed by atoms with Crippen molar-refractivity contribution in [2.45, 2.75) is 55.9 Å². The van der Waals surface area contributed by atoms with Crippen LogP contribution in [0.5, 0.6) is 0 Å². The minimum absolute atomic E-state index is 0.0171. The molecule has 25 heavy (non-hydrogen) atoms. The molecule has 2 unspecified atom stereocenters. The van der Waals surface area contributed by atoms with E-state index in [2.05, 4.69) is 4.74 Å². The maximum Gasteiger partial charge on any atom is 0.373 e. The number of rotatable bonds is 2. The number of methoxy groups -OCH3 is 2. The molecule has 2 rings (SSSR count). The van der Waals surface area contributed by atoms with E-state index in [1.165, 1.54) is 14.2 Å². The Bertz CT molecular complexity index is 385. The summed E-state index contributed by atoms with van der Waals surface area (Å²) >= 11 is 0. The topological polar surface area (TPSA) is 172 Å². The van der Waals surface area contributed by atoms with Gasteiger partial charge in [-0.05, 0) is 6.92 Å². The SMILES string of the molecule is CO[C@@H]1C(O)[C@H](C)OC[C@H]1O.CO[C@H]1OC[C@@H](O)[C@H](O)C1O.O=C=O. The van der Waals surface area contributed by atoms with Crippen LogP contribution in [-0.4, -0.2) is 108 Å². The number of hydrogen-bond acceptors (Lipinski definition) is 11. The summed E-state index contributed by atoms with van der Waals surface area (Å²) in [7, 11) is 2.83. The van der Waals surface area contributed by atoms with Gasteiger partial charge in [0.2, 0.25) is 0 Å². The van der Waals surface area contributed by atoms with Crippen molar-refractivity contribution < 1.29 is 54.1 Å². The van der Waals surface area contributed by atoms with Crippen LogP contribution in [0.1, 0.15) is 6.92 Å². The second-order valence-corrected chi connectivity index (χ2v) is 5.37. The molecule has 0 amide bonds. The van der Waals surface area contributed by atoms with Crippen molar-refractivity contribution in [3.8, 4) is 0 Å². The van der Waals surface area contributed by atoms with Crippen LogP contribution in [0.3, 0.4) is 0 Å². The third kappa shape index (κ3) is 7.42. The molecule has 2 heterocycles. The predicted molar refractivity (Wildman–Crippen MR) is 78.0 cm³/mol. The van der Waals surface area contributed by atoms with Crippen LogP contribution >= 0.6 is 0 Å². The van der Waals surface area contributed by atoms with Gasteiger partial charge >= 0.3 is 6.15 Å². The second-order valence-electron chi connectivity index (χ2n) is 5.37. The molecule has 8 atom stereocenters. The van der Waals surface area contributed by atoms with E-state index in [0.29, 0.717) is 0 Å². The van der Waals surface area contributed by atoms with Gasteiger partial charge in [-0.15, -0.1) is 0 Å². The first-order chi connectivity index (χ1) is 11.7. The zero-order valence-corrected chi connectivity index (χ0v) is 14.2. The third-order valence-electron chi connectivity index (χ3n) is 3.69. The molecule has 2 fully saturated rings. The first-order valence-corrected chi connectivity index (χ1v) is 7.43. The van der Waals surface area contributed by atoms with E-state index >= 15 is 0 Å². The van der Waals surface area contributed by atoms with Crippen LogP contribution in [0.2, 0.25) is 0 Å². The fraction of sp³-hybridized carbons (Fsp3) is 0.929. The molecule has 11 nitrogen and oxygen atoms in total. The highest BCUT2D eigenvalue weighted by Gasteiger charge is 2.37. The van der Waals surface area contributed by atoms with Crippen molar-refractivity contribution in [3.63, 3.8) is 0 Å². The summed E-state index contributed by atoms with van der Waals surface area (Å²) in [5, 5.41) is 45.9. The molecule has 2 aliphatic rings. The number of carbonyl (C=O) groups excluding carboxylic acids is 2. The van der Waals surface area contributed by atoms with Gasteiger partial charge in [0.05, 0.1) is 19.3 Å². The summed E-state index contributed by atoms with van der Waals surface area (Å²) in [5.74, 6) is 0. The van der Waals surface area contributed by atoms with Crippen LogP contribution in [0.15, 0.2) is 0 Å². The molecular weight excluding hydrogens is 344 g/mol. The molecule has 0 saturated carbocycles. The predicted octanol–water partition coefficient (Wildman–Crippen LogP) is -3.37. The quantitative estimate of drug-likeness (QED) is 0.328. The fourth-order valence-electron chi connectivity index (χ4n) is 2.22. The molecule has 0 aliphatic carbocycles. The van der Waals surface area contributed by atoms with E-state index in [4.69, 9.17) is 39.1 Å². The summed E-state index contributed by atoms with van der Waals surface area (Å²) < 4.78 is 19.5. The van der Waals surface area contributed by atoms with Gasteiger partial charge < -0.3 is 44.5 Å². The Morgan fingerprint density at radius 2 is 1.36 bits per heavy atom. The van der Waals surface area contributed by atoms with Gasteiger partial charge in [0.1, 0.15) is 36.6 Å². The van der Waals surface area contributed by atoms with Crippen molar-refractivity contribution >= 4 is 6.15 Å². The molecule has 0 aromatic rings. The molecule has 0 aromatic heterocycles. The smallest absolute Gasteiger partial charge is 0.373 e. The minimum atomic E-state index is -1.19. The van der Waals surface area contributed by atoms with Crippen LogP contribution in [0.25, 0.3) is 0 Å². The molecule has 0 radical (unpaired) electrons. The zero-order valence-electron chi connectivity index (χ0n) is 14.2. The molecule has 5 N–H and O–H groups in total. The van der Waals surface area contributed by atoms with E-state index in [1.807, 2.05) is 0 Å². The Labute approximate surface area is 144 Å². The summed E-state index contributed by atoms with van der Waals surface area (Å²) in [4.78, 5) is 16.2. The maximum absolute atomic E-state index is 9.40. The third-order valence-corrected chi connectivity index (χ3v) is 3.69. The highest BCUT2D eigenvalue weighted by molar-refractivity contribution is 5.20.